The monoisotopic (exact) mass is 1900 g/mol. The van der Waals surface area contributed by atoms with E-state index in [4.69, 9.17) is 13.6 Å². The summed E-state index contributed by atoms with van der Waals surface area (Å²) in [6, 6.07) is 45.5. The highest BCUT2D eigenvalue weighted by molar-refractivity contribution is 7.43. The normalized spacial score (nSPS) is 13.3. The van der Waals surface area contributed by atoms with Gasteiger partial charge in [0, 0.05) is 16.7 Å². The molecule has 0 N–H and O–H groups in total. The molecule has 0 spiro atoms. The fraction of sp³-hybridized carbons (Fsp3) is 0.600. The zero-order valence-electron chi connectivity index (χ0n) is 98.0. The third-order valence-electron chi connectivity index (χ3n) is 30.0. The van der Waals surface area contributed by atoms with Crippen molar-refractivity contribution in [1.29, 1.82) is 0 Å². The maximum Gasteiger partial charge on any atom is 0.530 e. The van der Waals surface area contributed by atoms with Gasteiger partial charge in [0.25, 0.3) is 0 Å². The summed E-state index contributed by atoms with van der Waals surface area (Å²) >= 11 is 0. The number of hydrogen-bond acceptors (Lipinski definition) is 3. The van der Waals surface area contributed by atoms with Crippen LogP contribution in [0.2, 0.25) is 0 Å². The highest BCUT2D eigenvalue weighted by atomic mass is 31.2. The Morgan fingerprint density at radius 3 is 0.475 bits per heavy atom. The molecule has 0 aromatic heterocycles. The van der Waals surface area contributed by atoms with Crippen molar-refractivity contribution < 1.29 is 13.6 Å². The van der Waals surface area contributed by atoms with Gasteiger partial charge in [-0.15, -0.1) is 0 Å². The van der Waals surface area contributed by atoms with Crippen LogP contribution in [0.1, 0.15) is 522 Å². The molecule has 0 saturated heterocycles. The van der Waals surface area contributed by atoms with Crippen LogP contribution in [0.25, 0.3) is 66.8 Å². The van der Waals surface area contributed by atoms with Crippen LogP contribution in [-0.4, -0.2) is 0 Å². The number of hydrogen-bond donors (Lipinski definition) is 0. The van der Waals surface area contributed by atoms with Crippen LogP contribution >= 0.6 is 8.60 Å². The van der Waals surface area contributed by atoms with Crippen LogP contribution in [0.3, 0.4) is 0 Å². The molecule has 0 heterocycles. The molecule has 9 aromatic rings. The van der Waals surface area contributed by atoms with E-state index < -0.39 is 8.60 Å². The molecule has 0 atom stereocenters. The second kappa shape index (κ2) is 45.2. The van der Waals surface area contributed by atoms with Crippen molar-refractivity contribution in [2.75, 3.05) is 0 Å². The van der Waals surface area contributed by atoms with E-state index >= 15 is 0 Å². The van der Waals surface area contributed by atoms with Crippen molar-refractivity contribution in [1.82, 2.24) is 0 Å². The molecule has 3 nitrogen and oxygen atoms in total. The lowest BCUT2D eigenvalue weighted by molar-refractivity contribution is 0.389. The van der Waals surface area contributed by atoms with Gasteiger partial charge in [-0.05, 0) is 330 Å². The molecule has 0 unspecified atom stereocenters. The Morgan fingerprint density at radius 2 is 0.324 bits per heavy atom. The molecule has 9 aromatic carbocycles. The fourth-order valence-electron chi connectivity index (χ4n) is 21.3. The van der Waals surface area contributed by atoms with E-state index in [2.05, 4.69) is 421 Å². The molecule has 0 aliphatic heterocycles. The van der Waals surface area contributed by atoms with Crippen molar-refractivity contribution in [2.24, 2.45) is 0 Å². The Balaban J connectivity index is 1.67. The minimum Gasteiger partial charge on any atom is -0.408 e. The molecule has 139 heavy (non-hydrogen) atoms. The lowest BCUT2D eigenvalue weighted by Gasteiger charge is -2.35. The van der Waals surface area contributed by atoms with Gasteiger partial charge in [0.1, 0.15) is 17.2 Å². The number of unbranched alkanes of at least 4 members (excludes halogenated alkanes) is 18. The highest BCUT2D eigenvalue weighted by Crippen LogP contribution is 2.61. The Hall–Kier alpha value is -7.19. The molecule has 9 rings (SSSR count). The second-order valence-electron chi connectivity index (χ2n) is 55.3. The van der Waals surface area contributed by atoms with Crippen molar-refractivity contribution >= 4 is 8.60 Å². The minimum absolute atomic E-state index is 0.121. The van der Waals surface area contributed by atoms with E-state index in [9.17, 15) is 0 Å². The molecule has 0 aliphatic rings. The average Bonchev–Trinajstić information content (AvgIpc) is 0.729. The van der Waals surface area contributed by atoms with E-state index in [0.717, 1.165) is 91.7 Å². The van der Waals surface area contributed by atoms with Gasteiger partial charge in [-0.1, -0.05) is 477 Å². The van der Waals surface area contributed by atoms with Gasteiger partial charge in [-0.3, -0.25) is 0 Å². The zero-order valence-corrected chi connectivity index (χ0v) is 98.9. The average molecular weight is 1900 g/mol. The van der Waals surface area contributed by atoms with E-state index in [1.54, 1.807) is 0 Å². The Kier molecular flexibility index (Phi) is 37.5. The largest absolute Gasteiger partial charge is 0.530 e. The summed E-state index contributed by atoms with van der Waals surface area (Å²) < 4.78 is 26.9. The predicted molar refractivity (Wildman–Crippen MR) is 619 cm³/mol. The molecule has 0 amide bonds. The summed E-state index contributed by atoms with van der Waals surface area (Å²) in [5.74, 6) is 2.26. The van der Waals surface area contributed by atoms with Crippen molar-refractivity contribution in [3.8, 4) is 84.0 Å². The molecule has 0 bridgehead atoms. The van der Waals surface area contributed by atoms with Crippen LogP contribution in [0.15, 0.2) is 109 Å². The van der Waals surface area contributed by atoms with Gasteiger partial charge in [0.2, 0.25) is 0 Å². The van der Waals surface area contributed by atoms with Crippen LogP contribution in [0.4, 0.5) is 0 Å². The molecule has 0 saturated carbocycles. The van der Waals surface area contributed by atoms with Crippen molar-refractivity contribution in [3.63, 3.8) is 0 Å². The van der Waals surface area contributed by atoms with Crippen LogP contribution in [-0.2, 0) is 84.2 Å². The summed E-state index contributed by atoms with van der Waals surface area (Å²) in [5, 5.41) is 0. The van der Waals surface area contributed by atoms with E-state index in [1.807, 2.05) is 0 Å². The lowest BCUT2D eigenvalue weighted by atomic mass is 9.71. The summed E-state index contributed by atoms with van der Waals surface area (Å²) in [4.78, 5) is 0. The van der Waals surface area contributed by atoms with Gasteiger partial charge < -0.3 is 13.6 Å². The zero-order chi connectivity index (χ0) is 104. The van der Waals surface area contributed by atoms with Crippen LogP contribution in [0, 0.1) is 41.5 Å². The second-order valence-corrected chi connectivity index (χ2v) is 56.3. The molecule has 0 aliphatic carbocycles. The first-order chi connectivity index (χ1) is 64.0. The number of rotatable bonds is 36. The Morgan fingerprint density at radius 1 is 0.173 bits per heavy atom. The Bertz CT molecular complexity index is 5130. The lowest BCUT2D eigenvalue weighted by Crippen LogP contribution is -2.21. The smallest absolute Gasteiger partial charge is 0.408 e. The topological polar surface area (TPSA) is 27.7 Å². The SMILES string of the molecule is CCCCCCCCCc1ccc(OP(Oc2ccc(CCCCCCCCC)c(-c3c(C)cc(C(C)(C)C)cc3C(C)(C)C)c2-c2c(C)cc(C(C)(C)C)cc2C(C)(C)C)Oc2ccc(CCCCCCCCC)c(-c3c(C)cc(C(C)(C)C)cc3C(C)(C)C)c2-c2c(C)cc(C(C)(C)C)cc2C(C)(C)C)c(-c2c(C)cc(C(C)(C)C)cc2C(C)(C)C)c1-c1c(C)cc(C(C)(C)C)cc1C(C)(C)C. The first kappa shape index (κ1) is 115. The quantitative estimate of drug-likeness (QED) is 0.0289. The molecule has 4 heteroatoms. The number of benzene rings is 9. The molecule has 764 valence electrons. The van der Waals surface area contributed by atoms with E-state index in [1.165, 1.54) is 263 Å². The first-order valence-corrected chi connectivity index (χ1v) is 56.3. The maximum absolute atomic E-state index is 8.96. The third kappa shape index (κ3) is 28.7. The van der Waals surface area contributed by atoms with Crippen molar-refractivity contribution in [3.05, 3.63) is 226 Å². The standard InChI is InChI=1S/C135H201O3P/c1-46-49-52-55-58-61-64-67-94-70-73-109(121(115-91(7)79-100(127(19,20)21)85-106(115)133(37,38)39)118(94)112-88(4)76-97(124(10,11)12)82-103(112)130(28,29)30)136-139(137-110-74-71-95(68-65-62-59-56-53-50-47-2)119(113-89(5)77-98(125(13,14)15)83-104(113)131(31,32)33)122(110)116-92(8)80-101(128(22,23)24)86-107(116)134(40,41)42)138-111-75-72-96(69-66-63-60-57-54-51-48-3)120(114-90(6)78-99(126(16,17)18)84-105(114)132(34,35)36)123(111)117-93(9)81-102(129(25,26)27)87-108(117)135(43,44)45/h70-87H,46-69H2,1-45H3. The molecule has 0 radical (unpaired) electrons. The molecular weight excluding hydrogens is 1700 g/mol. The van der Waals surface area contributed by atoms with Crippen LogP contribution < -0.4 is 13.6 Å². The third-order valence-corrected chi connectivity index (χ3v) is 31.0. The van der Waals surface area contributed by atoms with Crippen LogP contribution in [0.5, 0.6) is 17.2 Å². The number of aryl methyl sites for hydroxylation is 9. The molecular formula is C135H201O3P. The summed E-state index contributed by atoms with van der Waals surface area (Å²) in [5.41, 5.74) is 39.5. The van der Waals surface area contributed by atoms with Gasteiger partial charge in [0.05, 0.1) is 0 Å². The van der Waals surface area contributed by atoms with Gasteiger partial charge in [0.15, 0.2) is 0 Å². The molecule has 0 fully saturated rings. The highest BCUT2D eigenvalue weighted by Gasteiger charge is 2.41. The predicted octanol–water partition coefficient (Wildman–Crippen LogP) is 42.8. The maximum atomic E-state index is 8.96. The fourth-order valence-corrected chi connectivity index (χ4v) is 22.4. The van der Waals surface area contributed by atoms with Gasteiger partial charge in [-0.2, -0.15) is 0 Å². The minimum atomic E-state index is -2.64. The first-order valence-electron chi connectivity index (χ1n) is 55.3. The van der Waals surface area contributed by atoms with E-state index in [0.29, 0.717) is 0 Å². The van der Waals surface area contributed by atoms with Gasteiger partial charge >= 0.3 is 8.60 Å². The van der Waals surface area contributed by atoms with E-state index in [-0.39, 0.29) is 65.0 Å². The van der Waals surface area contributed by atoms with Crippen molar-refractivity contribution in [2.45, 2.75) is 531 Å². The summed E-state index contributed by atoms with van der Waals surface area (Å²) in [6.07, 6.45) is 28.2. The summed E-state index contributed by atoms with van der Waals surface area (Å²) in [6.45, 7) is 109. The Labute approximate surface area is 857 Å². The van der Waals surface area contributed by atoms with Gasteiger partial charge in [-0.25, -0.2) is 0 Å². The summed E-state index contributed by atoms with van der Waals surface area (Å²) in [7, 11) is -2.64.